The van der Waals surface area contributed by atoms with Crippen LogP contribution in [-0.4, -0.2) is 15.6 Å². The number of nitrogen functional groups attached to an aromatic ring is 1. The highest BCUT2D eigenvalue weighted by molar-refractivity contribution is 9.10. The summed E-state index contributed by atoms with van der Waals surface area (Å²) >= 11 is 3.36. The van der Waals surface area contributed by atoms with Crippen LogP contribution in [-0.2, 0) is 0 Å². The van der Waals surface area contributed by atoms with Crippen molar-refractivity contribution in [1.29, 1.82) is 5.41 Å². The zero-order valence-corrected chi connectivity index (χ0v) is 9.40. The summed E-state index contributed by atoms with van der Waals surface area (Å²) < 4.78 is 2.70. The molecule has 0 amide bonds. The topological polar surface area (TPSA) is 67.7 Å². The Labute approximate surface area is 95.4 Å². The van der Waals surface area contributed by atoms with E-state index < -0.39 is 0 Å². The zero-order chi connectivity index (χ0) is 10.8. The van der Waals surface area contributed by atoms with Crippen LogP contribution in [0.1, 0.15) is 5.56 Å². The van der Waals surface area contributed by atoms with Gasteiger partial charge in [-0.3, -0.25) is 5.41 Å². The lowest BCUT2D eigenvalue weighted by Gasteiger charge is -2.00. The number of rotatable bonds is 2. The summed E-state index contributed by atoms with van der Waals surface area (Å²) in [7, 11) is 0. The maximum Gasteiger partial charge on any atom is 0.126 e. The molecule has 15 heavy (non-hydrogen) atoms. The quantitative estimate of drug-likeness (QED) is 0.643. The number of halogens is 1. The molecule has 1 aromatic heterocycles. The molecular formula is C10H9BrN4. The monoisotopic (exact) mass is 264 g/mol. The first kappa shape index (κ1) is 9.92. The number of amidine groups is 1. The van der Waals surface area contributed by atoms with E-state index in [1.54, 1.807) is 17.1 Å². The average Bonchev–Trinajstić information content (AvgIpc) is 2.68. The number of nitrogens with two attached hydrogens (primary N) is 1. The first-order valence-electron chi connectivity index (χ1n) is 4.32. The van der Waals surface area contributed by atoms with Gasteiger partial charge in [-0.15, -0.1) is 0 Å². The van der Waals surface area contributed by atoms with E-state index in [0.717, 1.165) is 10.2 Å². The molecule has 5 heteroatoms. The highest BCUT2D eigenvalue weighted by Gasteiger charge is 2.02. The lowest BCUT2D eigenvalue weighted by molar-refractivity contribution is 0.880. The van der Waals surface area contributed by atoms with Crippen molar-refractivity contribution in [3.05, 3.63) is 46.7 Å². The van der Waals surface area contributed by atoms with Gasteiger partial charge in [-0.25, -0.2) is 4.68 Å². The van der Waals surface area contributed by atoms with E-state index in [9.17, 15) is 0 Å². The van der Waals surface area contributed by atoms with E-state index in [-0.39, 0.29) is 5.84 Å². The minimum absolute atomic E-state index is 0.0263. The van der Waals surface area contributed by atoms with Crippen LogP contribution in [0.4, 0.5) is 0 Å². The van der Waals surface area contributed by atoms with Crippen LogP contribution in [0.15, 0.2) is 41.1 Å². The minimum Gasteiger partial charge on any atom is -0.384 e. The minimum atomic E-state index is 0.0263. The number of benzene rings is 1. The summed E-state index contributed by atoms with van der Waals surface area (Å²) in [5, 5.41) is 11.4. The highest BCUT2D eigenvalue weighted by atomic mass is 79.9. The van der Waals surface area contributed by atoms with Gasteiger partial charge in [0, 0.05) is 10.7 Å². The van der Waals surface area contributed by atoms with E-state index in [1.165, 1.54) is 0 Å². The zero-order valence-electron chi connectivity index (χ0n) is 7.81. The largest absolute Gasteiger partial charge is 0.384 e. The Kier molecular flexibility index (Phi) is 2.55. The van der Waals surface area contributed by atoms with Gasteiger partial charge in [-0.2, -0.15) is 5.10 Å². The Bertz CT molecular complexity index is 486. The summed E-state index contributed by atoms with van der Waals surface area (Å²) in [6.07, 6.45) is 3.30. The normalized spacial score (nSPS) is 10.2. The van der Waals surface area contributed by atoms with Crippen LogP contribution in [0, 0.1) is 5.41 Å². The summed E-state index contributed by atoms with van der Waals surface area (Å²) in [6.45, 7) is 0. The molecule has 0 radical (unpaired) electrons. The standard InChI is InChI=1S/C10H9BrN4/c11-8-1-3-9(4-2-8)15-6-7(5-14-15)10(12)13/h1-6H,(H3,12,13). The second-order valence-electron chi connectivity index (χ2n) is 3.06. The molecule has 0 aliphatic carbocycles. The van der Waals surface area contributed by atoms with Crippen LogP contribution >= 0.6 is 15.9 Å². The van der Waals surface area contributed by atoms with Crippen LogP contribution < -0.4 is 5.73 Å². The fraction of sp³-hybridized carbons (Fsp3) is 0. The van der Waals surface area contributed by atoms with Gasteiger partial charge in [-0.05, 0) is 24.3 Å². The Morgan fingerprint density at radius 1 is 1.33 bits per heavy atom. The van der Waals surface area contributed by atoms with Crippen molar-refractivity contribution in [2.45, 2.75) is 0 Å². The van der Waals surface area contributed by atoms with Crippen LogP contribution in [0.5, 0.6) is 0 Å². The third kappa shape index (κ3) is 2.07. The van der Waals surface area contributed by atoms with E-state index in [0.29, 0.717) is 5.56 Å². The van der Waals surface area contributed by atoms with Crippen LogP contribution in [0.25, 0.3) is 5.69 Å². The van der Waals surface area contributed by atoms with Gasteiger partial charge in [0.25, 0.3) is 0 Å². The molecule has 0 fully saturated rings. The van der Waals surface area contributed by atoms with E-state index in [2.05, 4.69) is 21.0 Å². The van der Waals surface area contributed by atoms with Crippen molar-refractivity contribution < 1.29 is 0 Å². The molecule has 1 aromatic carbocycles. The molecule has 2 rings (SSSR count). The highest BCUT2D eigenvalue weighted by Crippen LogP contribution is 2.13. The van der Waals surface area contributed by atoms with Gasteiger partial charge in [0.2, 0.25) is 0 Å². The molecule has 76 valence electrons. The SMILES string of the molecule is N=C(N)c1cnn(-c2ccc(Br)cc2)c1. The van der Waals surface area contributed by atoms with Crippen LogP contribution in [0.3, 0.4) is 0 Å². The van der Waals surface area contributed by atoms with Crippen molar-refractivity contribution in [3.63, 3.8) is 0 Å². The number of nitrogens with one attached hydrogen (secondary N) is 1. The molecule has 0 atom stereocenters. The first-order chi connectivity index (χ1) is 7.16. The summed E-state index contributed by atoms with van der Waals surface area (Å²) in [6, 6.07) is 7.73. The molecule has 1 heterocycles. The number of hydrogen-bond acceptors (Lipinski definition) is 2. The molecule has 0 aliphatic heterocycles. The molecule has 2 aromatic rings. The van der Waals surface area contributed by atoms with Gasteiger partial charge in [0.05, 0.1) is 17.4 Å². The molecule has 0 unspecified atom stereocenters. The molecule has 0 saturated carbocycles. The fourth-order valence-electron chi connectivity index (χ4n) is 1.20. The predicted molar refractivity (Wildman–Crippen MR) is 62.3 cm³/mol. The molecule has 4 nitrogen and oxygen atoms in total. The second kappa shape index (κ2) is 3.86. The van der Waals surface area contributed by atoms with E-state index >= 15 is 0 Å². The van der Waals surface area contributed by atoms with Gasteiger partial charge in [0.15, 0.2) is 0 Å². The Balaban J connectivity index is 2.37. The van der Waals surface area contributed by atoms with Crippen molar-refractivity contribution in [3.8, 4) is 5.69 Å². The second-order valence-corrected chi connectivity index (χ2v) is 3.98. The van der Waals surface area contributed by atoms with Crippen molar-refractivity contribution in [2.24, 2.45) is 5.73 Å². The lowest BCUT2D eigenvalue weighted by atomic mass is 10.3. The average molecular weight is 265 g/mol. The molecular weight excluding hydrogens is 256 g/mol. The lowest BCUT2D eigenvalue weighted by Crippen LogP contribution is -2.09. The van der Waals surface area contributed by atoms with E-state index in [1.807, 2.05) is 24.3 Å². The van der Waals surface area contributed by atoms with Gasteiger partial charge < -0.3 is 5.73 Å². The third-order valence-electron chi connectivity index (χ3n) is 1.98. The number of aromatic nitrogens is 2. The maximum absolute atomic E-state index is 7.26. The predicted octanol–water partition coefficient (Wildman–Crippen LogP) is 1.92. The van der Waals surface area contributed by atoms with Gasteiger partial charge >= 0.3 is 0 Å². The van der Waals surface area contributed by atoms with Gasteiger partial charge in [0.1, 0.15) is 5.84 Å². The Morgan fingerprint density at radius 3 is 2.53 bits per heavy atom. The van der Waals surface area contributed by atoms with Crippen molar-refractivity contribution in [2.75, 3.05) is 0 Å². The molecule has 0 saturated heterocycles. The maximum atomic E-state index is 7.26. The van der Waals surface area contributed by atoms with E-state index in [4.69, 9.17) is 11.1 Å². The summed E-state index contributed by atoms with van der Waals surface area (Å²) in [4.78, 5) is 0. The Morgan fingerprint density at radius 2 is 2.00 bits per heavy atom. The molecule has 0 bridgehead atoms. The molecule has 0 spiro atoms. The molecule has 0 aliphatic rings. The summed E-state index contributed by atoms with van der Waals surface area (Å²) in [5.41, 5.74) is 6.91. The van der Waals surface area contributed by atoms with Gasteiger partial charge in [-0.1, -0.05) is 15.9 Å². The van der Waals surface area contributed by atoms with Crippen molar-refractivity contribution >= 4 is 21.8 Å². The Hall–Kier alpha value is -1.62. The van der Waals surface area contributed by atoms with Crippen LogP contribution in [0.2, 0.25) is 0 Å². The first-order valence-corrected chi connectivity index (χ1v) is 5.11. The fourth-order valence-corrected chi connectivity index (χ4v) is 1.46. The smallest absolute Gasteiger partial charge is 0.126 e. The summed E-state index contributed by atoms with van der Waals surface area (Å²) in [5.74, 6) is 0.0263. The number of hydrogen-bond donors (Lipinski definition) is 2. The third-order valence-corrected chi connectivity index (χ3v) is 2.51. The number of nitrogens with zero attached hydrogens (tertiary/aromatic N) is 2. The molecule has 3 N–H and O–H groups in total. The van der Waals surface area contributed by atoms with Crippen molar-refractivity contribution in [1.82, 2.24) is 9.78 Å².